The van der Waals surface area contributed by atoms with Crippen molar-refractivity contribution in [2.45, 2.75) is 37.0 Å². The molecule has 0 heterocycles. The van der Waals surface area contributed by atoms with Crippen LogP contribution in [0.5, 0.6) is 0 Å². The van der Waals surface area contributed by atoms with E-state index >= 15 is 0 Å². The molecule has 0 saturated carbocycles. The van der Waals surface area contributed by atoms with Crippen molar-refractivity contribution in [3.63, 3.8) is 0 Å². The molecular weight excluding hydrogens is 248 g/mol. The zero-order valence-electron chi connectivity index (χ0n) is 9.86. The fourth-order valence-electron chi connectivity index (χ4n) is 1.83. The highest BCUT2D eigenvalue weighted by Gasteiger charge is 2.06. The molecule has 17 heavy (non-hydrogen) atoms. The van der Waals surface area contributed by atoms with Crippen LogP contribution in [0.25, 0.3) is 0 Å². The van der Waals surface area contributed by atoms with Gasteiger partial charge in [0.25, 0.3) is 0 Å². The fourth-order valence-corrected chi connectivity index (χ4v) is 3.06. The molecule has 0 unspecified atom stereocenters. The minimum absolute atomic E-state index is 0.917. The van der Waals surface area contributed by atoms with Crippen LogP contribution >= 0.6 is 23.4 Å². The number of hydrogen-bond donors (Lipinski definition) is 0. The van der Waals surface area contributed by atoms with Gasteiger partial charge in [-0.25, -0.2) is 0 Å². The SMILES string of the molecule is ClC1=C/CCCCC/C=C\1Sc1ccccc1. The molecule has 0 atom stereocenters. The predicted molar refractivity (Wildman–Crippen MR) is 77.4 cm³/mol. The van der Waals surface area contributed by atoms with Gasteiger partial charge < -0.3 is 0 Å². The first kappa shape index (κ1) is 12.8. The van der Waals surface area contributed by atoms with Gasteiger partial charge in [0.1, 0.15) is 0 Å². The smallest absolute Gasteiger partial charge is 0.0502 e. The van der Waals surface area contributed by atoms with Gasteiger partial charge in [-0.1, -0.05) is 60.1 Å². The molecule has 1 aromatic rings. The van der Waals surface area contributed by atoms with Crippen molar-refractivity contribution in [2.24, 2.45) is 0 Å². The van der Waals surface area contributed by atoms with E-state index in [1.807, 2.05) is 6.07 Å². The summed E-state index contributed by atoms with van der Waals surface area (Å²) in [6, 6.07) is 10.4. The first-order chi connectivity index (χ1) is 8.36. The number of benzene rings is 1. The molecule has 0 aromatic heterocycles. The third kappa shape index (κ3) is 4.25. The summed E-state index contributed by atoms with van der Waals surface area (Å²) >= 11 is 8.12. The van der Waals surface area contributed by atoms with E-state index in [9.17, 15) is 0 Å². The lowest BCUT2D eigenvalue weighted by molar-refractivity contribution is 0.698. The molecule has 1 aromatic carbocycles. The highest BCUT2D eigenvalue weighted by molar-refractivity contribution is 8.03. The average Bonchev–Trinajstić information content (AvgIpc) is 2.45. The van der Waals surface area contributed by atoms with Gasteiger partial charge in [-0.15, -0.1) is 0 Å². The summed E-state index contributed by atoms with van der Waals surface area (Å²) < 4.78 is 0. The predicted octanol–water partition coefficient (Wildman–Crippen LogP) is 5.75. The third-order valence-electron chi connectivity index (χ3n) is 2.77. The van der Waals surface area contributed by atoms with Crippen LogP contribution in [0.3, 0.4) is 0 Å². The Hall–Kier alpha value is -0.660. The molecule has 0 aliphatic heterocycles. The van der Waals surface area contributed by atoms with Crippen molar-refractivity contribution in [1.82, 2.24) is 0 Å². The minimum Gasteiger partial charge on any atom is -0.0889 e. The lowest BCUT2D eigenvalue weighted by atomic mass is 10.1. The number of thioether (sulfide) groups is 1. The Balaban J connectivity index is 2.13. The van der Waals surface area contributed by atoms with Gasteiger partial charge >= 0.3 is 0 Å². The van der Waals surface area contributed by atoms with E-state index in [-0.39, 0.29) is 0 Å². The van der Waals surface area contributed by atoms with E-state index in [1.54, 1.807) is 11.8 Å². The van der Waals surface area contributed by atoms with Gasteiger partial charge in [-0.2, -0.15) is 0 Å². The first-order valence-corrected chi connectivity index (χ1v) is 7.35. The molecule has 0 radical (unpaired) electrons. The van der Waals surface area contributed by atoms with Crippen LogP contribution in [-0.2, 0) is 0 Å². The fraction of sp³-hybridized carbons (Fsp3) is 0.333. The quantitative estimate of drug-likeness (QED) is 0.655. The van der Waals surface area contributed by atoms with Crippen LogP contribution in [-0.4, -0.2) is 0 Å². The molecule has 0 saturated heterocycles. The zero-order chi connectivity index (χ0) is 11.9. The van der Waals surface area contributed by atoms with E-state index in [0.29, 0.717) is 0 Å². The second-order valence-electron chi connectivity index (χ2n) is 4.17. The Bertz CT molecular complexity index is 406. The molecule has 0 bridgehead atoms. The van der Waals surface area contributed by atoms with Crippen molar-refractivity contribution >= 4 is 23.4 Å². The second-order valence-corrected chi connectivity index (χ2v) is 5.70. The van der Waals surface area contributed by atoms with Crippen LogP contribution in [0, 0.1) is 0 Å². The summed E-state index contributed by atoms with van der Waals surface area (Å²) in [4.78, 5) is 2.46. The minimum atomic E-state index is 0.917. The summed E-state index contributed by atoms with van der Waals surface area (Å²) in [5, 5.41) is 0.917. The van der Waals surface area contributed by atoms with Crippen LogP contribution in [0.15, 0.2) is 57.3 Å². The van der Waals surface area contributed by atoms with Crippen molar-refractivity contribution in [3.8, 4) is 0 Å². The van der Waals surface area contributed by atoms with Crippen LogP contribution in [0.2, 0.25) is 0 Å². The van der Waals surface area contributed by atoms with Gasteiger partial charge in [-0.3, -0.25) is 0 Å². The third-order valence-corrected chi connectivity index (χ3v) is 4.35. The van der Waals surface area contributed by atoms with E-state index in [2.05, 4.69) is 36.4 Å². The molecule has 0 N–H and O–H groups in total. The maximum atomic E-state index is 6.35. The number of allylic oxidation sites excluding steroid dienone is 3. The number of halogens is 1. The maximum Gasteiger partial charge on any atom is 0.0502 e. The summed E-state index contributed by atoms with van der Waals surface area (Å²) in [7, 11) is 0. The summed E-state index contributed by atoms with van der Waals surface area (Å²) in [6.45, 7) is 0. The molecule has 2 rings (SSSR count). The normalized spacial score (nSPS) is 23.6. The van der Waals surface area contributed by atoms with Crippen LogP contribution in [0.4, 0.5) is 0 Å². The van der Waals surface area contributed by atoms with Gasteiger partial charge in [-0.05, 0) is 37.8 Å². The molecule has 0 fully saturated rings. The van der Waals surface area contributed by atoms with Crippen molar-refractivity contribution in [1.29, 1.82) is 0 Å². The van der Waals surface area contributed by atoms with E-state index in [4.69, 9.17) is 11.6 Å². The Morgan fingerprint density at radius 1 is 0.882 bits per heavy atom. The Kier molecular flexibility index (Phi) is 5.21. The molecule has 2 heteroatoms. The Labute approximate surface area is 113 Å². The highest BCUT2D eigenvalue weighted by atomic mass is 35.5. The Morgan fingerprint density at radius 2 is 1.59 bits per heavy atom. The summed E-state index contributed by atoms with van der Waals surface area (Å²) in [5.74, 6) is 0. The molecule has 0 nitrogen and oxygen atoms in total. The van der Waals surface area contributed by atoms with Crippen molar-refractivity contribution < 1.29 is 0 Å². The number of rotatable bonds is 2. The lowest BCUT2D eigenvalue weighted by Gasteiger charge is -2.06. The number of hydrogen-bond acceptors (Lipinski definition) is 1. The Morgan fingerprint density at radius 3 is 2.35 bits per heavy atom. The standard InChI is InChI=1S/C15H17ClS/c16-14-11-7-2-1-3-8-12-15(14)17-13-9-5-4-6-10-13/h4-6,9-12H,1-3,7-8H2/b14-11+,15-12+. The van der Waals surface area contributed by atoms with Crippen molar-refractivity contribution in [3.05, 3.63) is 52.4 Å². The molecule has 1 aliphatic rings. The molecule has 1 aliphatic carbocycles. The van der Waals surface area contributed by atoms with Crippen LogP contribution in [0.1, 0.15) is 32.1 Å². The van der Waals surface area contributed by atoms with E-state index < -0.39 is 0 Å². The van der Waals surface area contributed by atoms with E-state index in [0.717, 1.165) is 17.9 Å². The molecular formula is C15H17ClS. The molecule has 90 valence electrons. The van der Waals surface area contributed by atoms with Gasteiger partial charge in [0.05, 0.1) is 5.03 Å². The monoisotopic (exact) mass is 264 g/mol. The van der Waals surface area contributed by atoms with E-state index in [1.165, 1.54) is 29.1 Å². The second kappa shape index (κ2) is 6.93. The highest BCUT2D eigenvalue weighted by Crippen LogP contribution is 2.35. The first-order valence-electron chi connectivity index (χ1n) is 6.15. The summed E-state index contributed by atoms with van der Waals surface area (Å²) in [5.41, 5.74) is 0. The topological polar surface area (TPSA) is 0 Å². The maximum absolute atomic E-state index is 6.35. The largest absolute Gasteiger partial charge is 0.0889 e. The molecule has 0 amide bonds. The van der Waals surface area contributed by atoms with Gasteiger partial charge in [0.2, 0.25) is 0 Å². The lowest BCUT2D eigenvalue weighted by Crippen LogP contribution is -1.79. The van der Waals surface area contributed by atoms with Gasteiger partial charge in [0.15, 0.2) is 0 Å². The molecule has 0 spiro atoms. The van der Waals surface area contributed by atoms with Crippen LogP contribution < -0.4 is 0 Å². The summed E-state index contributed by atoms with van der Waals surface area (Å²) in [6.07, 6.45) is 10.5. The van der Waals surface area contributed by atoms with Gasteiger partial charge in [0, 0.05) is 9.80 Å². The zero-order valence-corrected chi connectivity index (χ0v) is 11.4. The van der Waals surface area contributed by atoms with Crippen molar-refractivity contribution in [2.75, 3.05) is 0 Å². The average molecular weight is 265 g/mol.